The first-order chi connectivity index (χ1) is 9.99. The molecule has 116 valence electrons. The molecule has 0 spiro atoms. The average Bonchev–Trinajstić information content (AvgIpc) is 3.19. The number of ether oxygens (including phenoxy) is 1. The number of hydrogen-bond donors (Lipinski definition) is 2. The van der Waals surface area contributed by atoms with Crippen molar-refractivity contribution in [3.05, 3.63) is 10.4 Å². The third kappa shape index (κ3) is 3.29. The van der Waals surface area contributed by atoms with E-state index in [0.29, 0.717) is 21.4 Å². The Morgan fingerprint density at radius 2 is 2.14 bits per heavy atom. The largest absolute Gasteiger partial charge is 0.462 e. The molecule has 6 nitrogen and oxygen atoms in total. The van der Waals surface area contributed by atoms with E-state index in [1.807, 2.05) is 11.9 Å². The summed E-state index contributed by atoms with van der Waals surface area (Å²) in [6, 6.07) is 0. The second kappa shape index (κ2) is 6.34. The molecule has 21 heavy (non-hydrogen) atoms. The number of hydrogen-bond acceptors (Lipinski definition) is 6. The first-order valence-corrected chi connectivity index (χ1v) is 7.83. The quantitative estimate of drug-likeness (QED) is 0.781. The van der Waals surface area contributed by atoms with Crippen LogP contribution in [0, 0.1) is 5.92 Å². The van der Waals surface area contributed by atoms with E-state index in [0.717, 1.165) is 6.54 Å². The monoisotopic (exact) mass is 311 g/mol. The van der Waals surface area contributed by atoms with E-state index in [1.165, 1.54) is 24.2 Å². The first kappa shape index (κ1) is 15.6. The number of rotatable bonds is 6. The molecule has 1 heterocycles. The zero-order valence-corrected chi connectivity index (χ0v) is 13.4. The molecule has 1 aliphatic rings. The van der Waals surface area contributed by atoms with Crippen molar-refractivity contribution in [1.29, 1.82) is 0 Å². The van der Waals surface area contributed by atoms with Gasteiger partial charge in [-0.1, -0.05) is 0 Å². The van der Waals surface area contributed by atoms with E-state index in [4.69, 9.17) is 10.5 Å². The molecule has 1 amide bonds. The number of carbonyl (C=O) groups excluding carboxylic acids is 2. The van der Waals surface area contributed by atoms with E-state index in [2.05, 4.69) is 5.32 Å². The zero-order valence-electron chi connectivity index (χ0n) is 12.6. The number of amides is 1. The molecule has 0 radical (unpaired) electrons. The lowest BCUT2D eigenvalue weighted by Gasteiger charge is -2.18. The number of nitrogens with two attached hydrogens (primary N) is 1. The van der Waals surface area contributed by atoms with Gasteiger partial charge in [0.25, 0.3) is 5.91 Å². The maximum Gasteiger partial charge on any atom is 0.343 e. The average molecular weight is 311 g/mol. The van der Waals surface area contributed by atoms with Gasteiger partial charge in [0.15, 0.2) is 0 Å². The minimum absolute atomic E-state index is 0.204. The number of nitrogens with one attached hydrogen (secondary N) is 1. The van der Waals surface area contributed by atoms with Crippen molar-refractivity contribution in [2.24, 2.45) is 5.92 Å². The second-order valence-corrected chi connectivity index (χ2v) is 6.15. The second-order valence-electron chi connectivity index (χ2n) is 5.15. The Bertz CT molecular complexity index is 552. The summed E-state index contributed by atoms with van der Waals surface area (Å²) in [4.78, 5) is 26.4. The predicted octanol–water partition coefficient (Wildman–Crippen LogP) is 1.71. The molecule has 0 aliphatic heterocycles. The molecule has 0 unspecified atom stereocenters. The number of esters is 1. The lowest BCUT2D eigenvalue weighted by Crippen LogP contribution is -2.21. The molecular formula is C14H21N3O3S. The van der Waals surface area contributed by atoms with Crippen molar-refractivity contribution in [1.82, 2.24) is 5.32 Å². The van der Waals surface area contributed by atoms with Crippen LogP contribution < -0.4 is 16.0 Å². The maximum absolute atomic E-state index is 12.2. The molecule has 0 saturated heterocycles. The van der Waals surface area contributed by atoms with E-state index in [1.54, 1.807) is 14.0 Å². The Kier molecular flexibility index (Phi) is 4.72. The summed E-state index contributed by atoms with van der Waals surface area (Å²) in [6.07, 6.45) is 2.42. The molecule has 1 saturated carbocycles. The highest BCUT2D eigenvalue weighted by Gasteiger charge is 2.30. The van der Waals surface area contributed by atoms with Gasteiger partial charge < -0.3 is 20.7 Å². The van der Waals surface area contributed by atoms with E-state index in [9.17, 15) is 9.59 Å². The van der Waals surface area contributed by atoms with Crippen molar-refractivity contribution >= 4 is 33.9 Å². The number of thiophene rings is 1. The van der Waals surface area contributed by atoms with Crippen molar-refractivity contribution in [2.75, 3.05) is 37.9 Å². The van der Waals surface area contributed by atoms with Crippen LogP contribution in [0.1, 0.15) is 39.8 Å². The van der Waals surface area contributed by atoms with Crippen molar-refractivity contribution in [3.8, 4) is 0 Å². The fourth-order valence-electron chi connectivity index (χ4n) is 2.15. The topological polar surface area (TPSA) is 84.7 Å². The molecule has 7 heteroatoms. The molecule has 1 aliphatic carbocycles. The van der Waals surface area contributed by atoms with Gasteiger partial charge in [0.05, 0.1) is 12.3 Å². The lowest BCUT2D eigenvalue weighted by atomic mass is 10.2. The SMILES string of the molecule is CCOC(=O)c1c(N(C)CC2CC2)sc(C(=O)NC)c1N. The van der Waals surface area contributed by atoms with Gasteiger partial charge in [0, 0.05) is 20.6 Å². The molecule has 0 aromatic carbocycles. The van der Waals surface area contributed by atoms with E-state index >= 15 is 0 Å². The lowest BCUT2D eigenvalue weighted by molar-refractivity contribution is 0.0529. The zero-order chi connectivity index (χ0) is 15.6. The van der Waals surface area contributed by atoms with Crippen LogP contribution in [-0.4, -0.2) is 39.1 Å². The summed E-state index contributed by atoms with van der Waals surface area (Å²) in [6.45, 7) is 2.88. The Morgan fingerprint density at radius 1 is 1.48 bits per heavy atom. The molecule has 2 rings (SSSR count). The summed E-state index contributed by atoms with van der Waals surface area (Å²) in [5.74, 6) is -0.0926. The smallest absolute Gasteiger partial charge is 0.343 e. The van der Waals surface area contributed by atoms with Gasteiger partial charge >= 0.3 is 5.97 Å². The molecular weight excluding hydrogens is 290 g/mol. The van der Waals surface area contributed by atoms with Crippen LogP contribution in [0.5, 0.6) is 0 Å². The van der Waals surface area contributed by atoms with Crippen LogP contribution >= 0.6 is 11.3 Å². The van der Waals surface area contributed by atoms with E-state index < -0.39 is 5.97 Å². The maximum atomic E-state index is 12.2. The molecule has 1 fully saturated rings. The van der Waals surface area contributed by atoms with Crippen LogP contribution in [0.2, 0.25) is 0 Å². The molecule has 1 aromatic heterocycles. The van der Waals surface area contributed by atoms with Crippen LogP contribution in [0.4, 0.5) is 10.7 Å². The van der Waals surface area contributed by atoms with Gasteiger partial charge in [-0.05, 0) is 25.7 Å². The molecule has 1 aromatic rings. The summed E-state index contributed by atoms with van der Waals surface area (Å²) >= 11 is 1.24. The van der Waals surface area contributed by atoms with Crippen LogP contribution in [-0.2, 0) is 4.74 Å². The Labute approximate surface area is 128 Å². The van der Waals surface area contributed by atoms with Crippen molar-refractivity contribution < 1.29 is 14.3 Å². The minimum atomic E-state index is -0.473. The van der Waals surface area contributed by atoms with Crippen LogP contribution in [0.3, 0.4) is 0 Å². The summed E-state index contributed by atoms with van der Waals surface area (Å²) in [7, 11) is 3.46. The normalized spacial score (nSPS) is 13.9. The number of anilines is 2. The summed E-state index contributed by atoms with van der Waals surface area (Å²) < 4.78 is 5.08. The fourth-order valence-corrected chi connectivity index (χ4v) is 3.28. The number of nitrogen functional groups attached to an aromatic ring is 1. The molecule has 3 N–H and O–H groups in total. The highest BCUT2D eigenvalue weighted by molar-refractivity contribution is 7.19. The predicted molar refractivity (Wildman–Crippen MR) is 84.1 cm³/mol. The fraction of sp³-hybridized carbons (Fsp3) is 0.571. The van der Waals surface area contributed by atoms with Gasteiger partial charge in [-0.3, -0.25) is 4.79 Å². The number of nitrogens with zero attached hydrogens (tertiary/aromatic N) is 1. The first-order valence-electron chi connectivity index (χ1n) is 7.02. The van der Waals surface area contributed by atoms with Crippen LogP contribution in [0.15, 0.2) is 0 Å². The van der Waals surface area contributed by atoms with Gasteiger partial charge in [0.2, 0.25) is 0 Å². The summed E-state index contributed by atoms with van der Waals surface area (Å²) in [5, 5.41) is 3.25. The third-order valence-electron chi connectivity index (χ3n) is 3.42. The van der Waals surface area contributed by atoms with Gasteiger partial charge in [-0.15, -0.1) is 11.3 Å². The molecule has 0 atom stereocenters. The number of carbonyl (C=O) groups is 2. The summed E-state index contributed by atoms with van der Waals surface area (Å²) in [5.41, 5.74) is 6.53. The molecule has 0 bridgehead atoms. The van der Waals surface area contributed by atoms with Gasteiger partial charge in [0.1, 0.15) is 15.4 Å². The van der Waals surface area contributed by atoms with Gasteiger partial charge in [-0.25, -0.2) is 4.79 Å². The Hall–Kier alpha value is -1.76. The Balaban J connectivity index is 2.39. The third-order valence-corrected chi connectivity index (χ3v) is 4.73. The van der Waals surface area contributed by atoms with Gasteiger partial charge in [-0.2, -0.15) is 0 Å². The van der Waals surface area contributed by atoms with E-state index in [-0.39, 0.29) is 18.2 Å². The Morgan fingerprint density at radius 3 is 2.67 bits per heavy atom. The highest BCUT2D eigenvalue weighted by Crippen LogP contribution is 2.40. The minimum Gasteiger partial charge on any atom is -0.462 e. The standard InChI is InChI=1S/C14H21N3O3S/c1-4-20-14(19)9-10(15)11(12(18)16-2)21-13(9)17(3)7-8-5-6-8/h8H,4-7,15H2,1-3H3,(H,16,18). The van der Waals surface area contributed by atoms with Crippen molar-refractivity contribution in [3.63, 3.8) is 0 Å². The van der Waals surface area contributed by atoms with Crippen molar-refractivity contribution in [2.45, 2.75) is 19.8 Å². The van der Waals surface area contributed by atoms with Crippen LogP contribution in [0.25, 0.3) is 0 Å². The highest BCUT2D eigenvalue weighted by atomic mass is 32.1.